The molecule has 2 aromatic carbocycles. The van der Waals surface area contributed by atoms with Crippen molar-refractivity contribution in [2.24, 2.45) is 0 Å². The molecule has 2 heterocycles. The summed E-state index contributed by atoms with van der Waals surface area (Å²) >= 11 is 0. The van der Waals surface area contributed by atoms with E-state index in [1.165, 1.54) is 16.5 Å². The molecule has 4 aromatic rings. The minimum Gasteiger partial charge on any atom is -0.497 e. The molecule has 0 aliphatic heterocycles. The van der Waals surface area contributed by atoms with Crippen LogP contribution in [0.5, 0.6) is 11.5 Å². The molecule has 2 aromatic heterocycles. The number of benzene rings is 2. The number of aromatic nitrogens is 2. The Labute approximate surface area is 212 Å². The third-order valence-corrected chi connectivity index (χ3v) is 6.02. The van der Waals surface area contributed by atoms with Crippen LogP contribution in [0, 0.1) is 0 Å². The summed E-state index contributed by atoms with van der Waals surface area (Å²) in [6, 6.07) is 16.5. The predicted molar refractivity (Wildman–Crippen MR) is 144 cm³/mol. The van der Waals surface area contributed by atoms with Gasteiger partial charge in [-0.1, -0.05) is 6.07 Å². The molecule has 36 heavy (non-hydrogen) atoms. The molecule has 0 saturated heterocycles. The van der Waals surface area contributed by atoms with Crippen LogP contribution < -0.4 is 14.8 Å². The number of ether oxygens (including phenoxy) is 4. The Morgan fingerprint density at radius 2 is 1.78 bits per heavy atom. The quantitative estimate of drug-likeness (QED) is 0.210. The Morgan fingerprint density at radius 1 is 0.917 bits per heavy atom. The van der Waals surface area contributed by atoms with Crippen molar-refractivity contribution in [2.45, 2.75) is 32.8 Å². The SMILES string of the molecule is CCOc1cc(Nc2ccnc(COCCOC)c2)ccc1CCCc1c[nH]c2cc(OC)ccc12. The smallest absolute Gasteiger partial charge is 0.124 e. The van der Waals surface area contributed by atoms with Gasteiger partial charge in [-0.15, -0.1) is 0 Å². The number of rotatable bonds is 14. The lowest BCUT2D eigenvalue weighted by Crippen LogP contribution is -2.03. The van der Waals surface area contributed by atoms with Crippen molar-refractivity contribution in [3.05, 3.63) is 77.7 Å². The fourth-order valence-corrected chi connectivity index (χ4v) is 4.22. The first kappa shape index (κ1) is 25.5. The molecule has 0 spiro atoms. The number of hydrogen-bond acceptors (Lipinski definition) is 6. The van der Waals surface area contributed by atoms with Gasteiger partial charge in [0.05, 0.1) is 39.2 Å². The molecule has 0 bridgehead atoms. The summed E-state index contributed by atoms with van der Waals surface area (Å²) in [7, 11) is 3.35. The van der Waals surface area contributed by atoms with Gasteiger partial charge in [-0.3, -0.25) is 4.98 Å². The number of nitrogens with zero attached hydrogens (tertiary/aromatic N) is 1. The molecule has 190 valence electrons. The van der Waals surface area contributed by atoms with E-state index >= 15 is 0 Å². The van der Waals surface area contributed by atoms with Crippen molar-refractivity contribution in [3.8, 4) is 11.5 Å². The van der Waals surface area contributed by atoms with Gasteiger partial charge in [0.2, 0.25) is 0 Å². The molecule has 7 heteroatoms. The van der Waals surface area contributed by atoms with Gasteiger partial charge in [-0.25, -0.2) is 0 Å². The van der Waals surface area contributed by atoms with Crippen LogP contribution in [0.3, 0.4) is 0 Å². The number of methoxy groups -OCH3 is 2. The van der Waals surface area contributed by atoms with E-state index in [-0.39, 0.29) is 0 Å². The lowest BCUT2D eigenvalue weighted by atomic mass is 10.0. The van der Waals surface area contributed by atoms with Gasteiger partial charge in [0, 0.05) is 53.9 Å². The summed E-state index contributed by atoms with van der Waals surface area (Å²) in [5.74, 6) is 1.78. The number of fused-ring (bicyclic) bond motifs is 1. The van der Waals surface area contributed by atoms with Crippen molar-refractivity contribution >= 4 is 22.3 Å². The van der Waals surface area contributed by atoms with E-state index in [4.69, 9.17) is 18.9 Å². The van der Waals surface area contributed by atoms with Crippen LogP contribution in [-0.4, -0.2) is 44.0 Å². The Bertz CT molecular complexity index is 1250. The Balaban J connectivity index is 1.38. The van der Waals surface area contributed by atoms with E-state index in [1.54, 1.807) is 20.4 Å². The minimum atomic E-state index is 0.450. The van der Waals surface area contributed by atoms with Gasteiger partial charge < -0.3 is 29.2 Å². The normalized spacial score (nSPS) is 11.1. The summed E-state index contributed by atoms with van der Waals surface area (Å²) in [6.07, 6.45) is 6.85. The minimum absolute atomic E-state index is 0.450. The zero-order valence-corrected chi connectivity index (χ0v) is 21.3. The highest BCUT2D eigenvalue weighted by atomic mass is 16.5. The van der Waals surface area contributed by atoms with Crippen molar-refractivity contribution in [2.75, 3.05) is 39.4 Å². The average molecular weight is 490 g/mol. The highest BCUT2D eigenvalue weighted by molar-refractivity contribution is 5.84. The number of hydrogen-bond donors (Lipinski definition) is 2. The Kier molecular flexibility index (Phi) is 9.19. The first-order valence-corrected chi connectivity index (χ1v) is 12.4. The van der Waals surface area contributed by atoms with Gasteiger partial charge >= 0.3 is 0 Å². The van der Waals surface area contributed by atoms with Crippen LogP contribution in [0.25, 0.3) is 10.9 Å². The molecule has 0 radical (unpaired) electrons. The second-order valence-electron chi connectivity index (χ2n) is 8.54. The molecular weight excluding hydrogens is 454 g/mol. The largest absolute Gasteiger partial charge is 0.497 e. The molecule has 2 N–H and O–H groups in total. The topological polar surface area (TPSA) is 77.6 Å². The summed E-state index contributed by atoms with van der Waals surface area (Å²) in [6.45, 7) is 4.21. The van der Waals surface area contributed by atoms with Crippen LogP contribution in [-0.2, 0) is 28.9 Å². The van der Waals surface area contributed by atoms with Gasteiger partial charge in [-0.2, -0.15) is 0 Å². The maximum absolute atomic E-state index is 5.99. The van der Waals surface area contributed by atoms with E-state index in [0.29, 0.717) is 26.4 Å². The van der Waals surface area contributed by atoms with Crippen LogP contribution in [0.4, 0.5) is 11.4 Å². The molecule has 0 saturated carbocycles. The molecule has 0 fully saturated rings. The zero-order valence-electron chi connectivity index (χ0n) is 21.3. The number of anilines is 2. The third kappa shape index (κ3) is 6.77. The Hall–Kier alpha value is -3.55. The maximum Gasteiger partial charge on any atom is 0.124 e. The van der Waals surface area contributed by atoms with E-state index < -0.39 is 0 Å². The number of pyridine rings is 1. The van der Waals surface area contributed by atoms with Crippen LogP contribution in [0.15, 0.2) is 60.9 Å². The van der Waals surface area contributed by atoms with Gasteiger partial charge in [-0.05, 0) is 67.6 Å². The number of aromatic amines is 1. The molecule has 0 amide bonds. The lowest BCUT2D eigenvalue weighted by Gasteiger charge is -2.14. The fourth-order valence-electron chi connectivity index (χ4n) is 4.22. The second kappa shape index (κ2) is 13.0. The maximum atomic E-state index is 5.99. The van der Waals surface area contributed by atoms with Crippen molar-refractivity contribution in [1.29, 1.82) is 0 Å². The highest BCUT2D eigenvalue weighted by Crippen LogP contribution is 2.29. The van der Waals surface area contributed by atoms with Gasteiger partial charge in [0.25, 0.3) is 0 Å². The van der Waals surface area contributed by atoms with E-state index in [1.807, 2.05) is 31.2 Å². The fraction of sp³-hybridized carbons (Fsp3) is 0.345. The van der Waals surface area contributed by atoms with E-state index in [0.717, 1.165) is 53.3 Å². The second-order valence-corrected chi connectivity index (χ2v) is 8.54. The van der Waals surface area contributed by atoms with Crippen molar-refractivity contribution in [3.63, 3.8) is 0 Å². The van der Waals surface area contributed by atoms with Crippen LogP contribution in [0.2, 0.25) is 0 Å². The first-order chi connectivity index (χ1) is 17.7. The van der Waals surface area contributed by atoms with E-state index in [2.05, 4.69) is 45.7 Å². The molecular formula is C29H35N3O4. The molecule has 0 aliphatic rings. The molecule has 0 unspecified atom stereocenters. The average Bonchev–Trinajstić information content (AvgIpc) is 3.30. The van der Waals surface area contributed by atoms with E-state index in [9.17, 15) is 0 Å². The summed E-state index contributed by atoms with van der Waals surface area (Å²) in [5, 5.41) is 4.72. The summed E-state index contributed by atoms with van der Waals surface area (Å²) in [4.78, 5) is 7.75. The van der Waals surface area contributed by atoms with Crippen molar-refractivity contribution < 1.29 is 18.9 Å². The predicted octanol–water partition coefficient (Wildman–Crippen LogP) is 6.05. The number of aryl methyl sites for hydroxylation is 2. The van der Waals surface area contributed by atoms with Crippen molar-refractivity contribution in [1.82, 2.24) is 9.97 Å². The lowest BCUT2D eigenvalue weighted by molar-refractivity contribution is 0.0602. The van der Waals surface area contributed by atoms with Crippen LogP contribution >= 0.6 is 0 Å². The summed E-state index contributed by atoms with van der Waals surface area (Å²) < 4.78 is 21.9. The van der Waals surface area contributed by atoms with Gasteiger partial charge in [0.15, 0.2) is 0 Å². The molecule has 4 rings (SSSR count). The first-order valence-electron chi connectivity index (χ1n) is 12.4. The molecule has 0 atom stereocenters. The number of H-pyrrole nitrogens is 1. The monoisotopic (exact) mass is 489 g/mol. The summed E-state index contributed by atoms with van der Waals surface area (Å²) in [5.41, 5.74) is 6.45. The zero-order chi connectivity index (χ0) is 25.2. The third-order valence-electron chi connectivity index (χ3n) is 6.02. The molecule has 7 nitrogen and oxygen atoms in total. The highest BCUT2D eigenvalue weighted by Gasteiger charge is 2.09. The van der Waals surface area contributed by atoms with Crippen LogP contribution in [0.1, 0.15) is 30.2 Å². The number of nitrogens with one attached hydrogen (secondary N) is 2. The standard InChI is InChI=1S/C29H35N3O4/c1-4-36-29-17-23(32-24-12-13-30-25(16-24)20-35-15-14-33-2)9-8-21(29)6-5-7-22-19-31-28-18-26(34-3)10-11-27(22)28/h8-13,16-19,31H,4-7,14-15,20H2,1-3H3,(H,30,32). The van der Waals surface area contributed by atoms with Gasteiger partial charge in [0.1, 0.15) is 11.5 Å². The molecule has 0 aliphatic carbocycles. The Morgan fingerprint density at radius 3 is 2.61 bits per heavy atom.